The van der Waals surface area contributed by atoms with Crippen molar-refractivity contribution in [1.82, 2.24) is 10.2 Å². The van der Waals surface area contributed by atoms with E-state index >= 15 is 0 Å². The van der Waals surface area contributed by atoms with Gasteiger partial charge in [-0.3, -0.25) is 0 Å². The summed E-state index contributed by atoms with van der Waals surface area (Å²) in [6.45, 7) is 6.12. The summed E-state index contributed by atoms with van der Waals surface area (Å²) >= 11 is 0. The number of nitrogens with one attached hydrogen (secondary N) is 1. The van der Waals surface area contributed by atoms with Crippen LogP contribution in [0.2, 0.25) is 0 Å². The first-order valence-corrected chi connectivity index (χ1v) is 9.22. The minimum atomic E-state index is 0. The van der Waals surface area contributed by atoms with Crippen LogP contribution >= 0.6 is 24.0 Å². The molecule has 2 aromatic carbocycles. The van der Waals surface area contributed by atoms with Gasteiger partial charge < -0.3 is 19.7 Å². The molecule has 0 aliphatic heterocycles. The van der Waals surface area contributed by atoms with E-state index in [1.165, 1.54) is 0 Å². The van der Waals surface area contributed by atoms with E-state index in [9.17, 15) is 0 Å². The third kappa shape index (κ3) is 6.82. The monoisotopic (exact) mass is 508 g/mol. The average Bonchev–Trinajstić information content (AvgIpc) is 2.72. The Morgan fingerprint density at radius 1 is 1.14 bits per heavy atom. The zero-order valence-electron chi connectivity index (χ0n) is 17.7. The number of nitriles is 1. The standard InChI is InChI=1S/C22H28N4O2.HI/c1-6-24-22(25-14-18-9-7-17(13-23)8-10-18)26(3)15-19-12-21(28-5)20(27-4)11-16(19)2;/h7-12H,6,14-15H2,1-5H3,(H,24,25);1H. The van der Waals surface area contributed by atoms with Gasteiger partial charge in [-0.25, -0.2) is 4.99 Å². The number of hydrogen-bond donors (Lipinski definition) is 1. The molecule has 0 radical (unpaired) electrons. The van der Waals surface area contributed by atoms with Crippen molar-refractivity contribution in [3.63, 3.8) is 0 Å². The third-order valence-corrected chi connectivity index (χ3v) is 4.44. The Kier molecular flexibility index (Phi) is 10.3. The van der Waals surface area contributed by atoms with Crippen LogP contribution in [-0.4, -0.2) is 38.7 Å². The molecule has 2 rings (SSSR count). The smallest absolute Gasteiger partial charge is 0.194 e. The van der Waals surface area contributed by atoms with Crippen molar-refractivity contribution in [3.05, 3.63) is 58.7 Å². The van der Waals surface area contributed by atoms with Crippen molar-refractivity contribution in [1.29, 1.82) is 5.26 Å². The topological polar surface area (TPSA) is 69.9 Å². The normalized spacial score (nSPS) is 10.6. The van der Waals surface area contributed by atoms with E-state index in [4.69, 9.17) is 19.7 Å². The molecular formula is C22H29IN4O2. The number of hydrogen-bond acceptors (Lipinski definition) is 4. The average molecular weight is 508 g/mol. The van der Waals surface area contributed by atoms with E-state index in [0.717, 1.165) is 40.7 Å². The largest absolute Gasteiger partial charge is 0.493 e. The number of aryl methyl sites for hydroxylation is 1. The predicted molar refractivity (Wildman–Crippen MR) is 127 cm³/mol. The van der Waals surface area contributed by atoms with Crippen LogP contribution in [-0.2, 0) is 13.1 Å². The van der Waals surface area contributed by atoms with Crippen molar-refractivity contribution in [2.45, 2.75) is 26.9 Å². The van der Waals surface area contributed by atoms with Gasteiger partial charge in [0.25, 0.3) is 0 Å². The summed E-state index contributed by atoms with van der Waals surface area (Å²) in [5.74, 6) is 2.27. The predicted octanol–water partition coefficient (Wildman–Crippen LogP) is 4.10. The highest BCUT2D eigenvalue weighted by atomic mass is 127. The lowest BCUT2D eigenvalue weighted by Gasteiger charge is -2.23. The van der Waals surface area contributed by atoms with Crippen LogP contribution in [0.5, 0.6) is 11.5 Å². The van der Waals surface area contributed by atoms with Gasteiger partial charge in [-0.2, -0.15) is 5.26 Å². The quantitative estimate of drug-likeness (QED) is 0.347. The lowest BCUT2D eigenvalue weighted by atomic mass is 10.1. The van der Waals surface area contributed by atoms with Gasteiger partial charge in [0, 0.05) is 20.1 Å². The van der Waals surface area contributed by atoms with Crippen molar-refractivity contribution in [3.8, 4) is 17.6 Å². The van der Waals surface area contributed by atoms with Gasteiger partial charge in [-0.15, -0.1) is 24.0 Å². The van der Waals surface area contributed by atoms with Crippen molar-refractivity contribution >= 4 is 29.9 Å². The van der Waals surface area contributed by atoms with Gasteiger partial charge in [0.1, 0.15) is 0 Å². The molecule has 2 aromatic rings. The number of halogens is 1. The molecule has 0 spiro atoms. The maximum absolute atomic E-state index is 8.91. The second kappa shape index (κ2) is 12.2. The van der Waals surface area contributed by atoms with E-state index in [1.807, 2.05) is 50.4 Å². The molecule has 0 aliphatic rings. The molecular weight excluding hydrogens is 479 g/mol. The first-order chi connectivity index (χ1) is 13.5. The Hall–Kier alpha value is -2.47. The fourth-order valence-electron chi connectivity index (χ4n) is 2.84. The van der Waals surface area contributed by atoms with Crippen LogP contribution in [0.3, 0.4) is 0 Å². The zero-order chi connectivity index (χ0) is 20.5. The second-order valence-electron chi connectivity index (χ2n) is 6.47. The summed E-state index contributed by atoms with van der Waals surface area (Å²) in [6, 6.07) is 13.6. The van der Waals surface area contributed by atoms with Crippen LogP contribution in [0.15, 0.2) is 41.4 Å². The van der Waals surface area contributed by atoms with E-state index in [0.29, 0.717) is 18.7 Å². The summed E-state index contributed by atoms with van der Waals surface area (Å²) in [5.41, 5.74) is 3.99. The van der Waals surface area contributed by atoms with Gasteiger partial charge in [0.15, 0.2) is 17.5 Å². The summed E-state index contributed by atoms with van der Waals surface area (Å²) in [4.78, 5) is 6.82. The summed E-state index contributed by atoms with van der Waals surface area (Å²) in [7, 11) is 5.29. The molecule has 0 saturated heterocycles. The molecule has 0 amide bonds. The number of guanidine groups is 1. The molecule has 156 valence electrons. The van der Waals surface area contributed by atoms with Gasteiger partial charge in [-0.05, 0) is 54.8 Å². The molecule has 0 aliphatic carbocycles. The second-order valence-corrected chi connectivity index (χ2v) is 6.47. The minimum absolute atomic E-state index is 0. The Balaban J connectivity index is 0.00000420. The molecule has 0 bridgehead atoms. The Morgan fingerprint density at radius 3 is 2.31 bits per heavy atom. The summed E-state index contributed by atoms with van der Waals surface area (Å²) in [6.07, 6.45) is 0. The van der Waals surface area contributed by atoms with Gasteiger partial charge in [-0.1, -0.05) is 12.1 Å². The van der Waals surface area contributed by atoms with E-state index in [1.54, 1.807) is 14.2 Å². The fraction of sp³-hybridized carbons (Fsp3) is 0.364. The fourth-order valence-corrected chi connectivity index (χ4v) is 2.84. The maximum Gasteiger partial charge on any atom is 0.194 e. The molecule has 7 heteroatoms. The molecule has 6 nitrogen and oxygen atoms in total. The van der Waals surface area contributed by atoms with Gasteiger partial charge in [0.05, 0.1) is 32.4 Å². The number of rotatable bonds is 7. The van der Waals surface area contributed by atoms with Crippen LogP contribution in [0.25, 0.3) is 0 Å². The van der Waals surface area contributed by atoms with Gasteiger partial charge in [0.2, 0.25) is 0 Å². The molecule has 1 N–H and O–H groups in total. The van der Waals surface area contributed by atoms with Crippen molar-refractivity contribution in [2.75, 3.05) is 27.8 Å². The Labute approximate surface area is 190 Å². The van der Waals surface area contributed by atoms with Crippen LogP contribution in [0, 0.1) is 18.3 Å². The lowest BCUT2D eigenvalue weighted by Crippen LogP contribution is -2.38. The molecule has 0 heterocycles. The highest BCUT2D eigenvalue weighted by Gasteiger charge is 2.12. The highest BCUT2D eigenvalue weighted by Crippen LogP contribution is 2.30. The molecule has 29 heavy (non-hydrogen) atoms. The van der Waals surface area contributed by atoms with E-state index in [2.05, 4.69) is 23.2 Å². The number of ether oxygens (including phenoxy) is 2. The Morgan fingerprint density at radius 2 is 1.76 bits per heavy atom. The summed E-state index contributed by atoms with van der Waals surface area (Å²) < 4.78 is 10.8. The van der Waals surface area contributed by atoms with Crippen molar-refractivity contribution in [2.24, 2.45) is 4.99 Å². The third-order valence-electron chi connectivity index (χ3n) is 4.44. The zero-order valence-corrected chi connectivity index (χ0v) is 20.0. The molecule has 0 aromatic heterocycles. The van der Waals surface area contributed by atoms with Crippen molar-refractivity contribution < 1.29 is 9.47 Å². The first-order valence-electron chi connectivity index (χ1n) is 9.22. The summed E-state index contributed by atoms with van der Waals surface area (Å²) in [5, 5.41) is 12.2. The van der Waals surface area contributed by atoms with Crippen LogP contribution in [0.4, 0.5) is 0 Å². The number of benzene rings is 2. The highest BCUT2D eigenvalue weighted by molar-refractivity contribution is 14.0. The van der Waals surface area contributed by atoms with Crippen LogP contribution in [0.1, 0.15) is 29.2 Å². The first kappa shape index (κ1) is 24.6. The molecule has 0 saturated carbocycles. The maximum atomic E-state index is 8.91. The number of nitrogens with zero attached hydrogens (tertiary/aromatic N) is 3. The molecule has 0 atom stereocenters. The number of methoxy groups -OCH3 is 2. The number of aliphatic imine (C=N–C) groups is 1. The Bertz CT molecular complexity index is 860. The minimum Gasteiger partial charge on any atom is -0.493 e. The SMILES string of the molecule is CCNC(=NCc1ccc(C#N)cc1)N(C)Cc1cc(OC)c(OC)cc1C.I. The van der Waals surface area contributed by atoms with E-state index < -0.39 is 0 Å². The van der Waals surface area contributed by atoms with E-state index in [-0.39, 0.29) is 24.0 Å². The lowest BCUT2D eigenvalue weighted by molar-refractivity contribution is 0.353. The molecule has 0 unspecified atom stereocenters. The van der Waals surface area contributed by atoms with Gasteiger partial charge >= 0.3 is 0 Å². The van der Waals surface area contributed by atoms with Crippen LogP contribution < -0.4 is 14.8 Å². The molecule has 0 fully saturated rings.